The summed E-state index contributed by atoms with van der Waals surface area (Å²) in [6.45, 7) is 6.77. The predicted molar refractivity (Wildman–Crippen MR) is 90.8 cm³/mol. The molecule has 21 heavy (non-hydrogen) atoms. The Bertz CT molecular complexity index is 432. The Morgan fingerprint density at radius 3 is 2.57 bits per heavy atom. The Morgan fingerprint density at radius 1 is 1.29 bits per heavy atom. The van der Waals surface area contributed by atoms with Crippen LogP contribution in [0.2, 0.25) is 5.02 Å². The Kier molecular flexibility index (Phi) is 6.49. The topological polar surface area (TPSA) is 32.5 Å². The fourth-order valence-corrected chi connectivity index (χ4v) is 3.43. The number of rotatable bonds is 7. The molecule has 0 aliphatic carbocycles. The zero-order valence-corrected chi connectivity index (χ0v) is 14.0. The van der Waals surface area contributed by atoms with Gasteiger partial charge >= 0.3 is 0 Å². The van der Waals surface area contributed by atoms with Gasteiger partial charge in [-0.15, -0.1) is 0 Å². The second kappa shape index (κ2) is 8.14. The number of benzene rings is 1. The summed E-state index contributed by atoms with van der Waals surface area (Å²) in [5, 5.41) is 0.819. The lowest BCUT2D eigenvalue weighted by Gasteiger charge is -2.34. The van der Waals surface area contributed by atoms with Gasteiger partial charge in [0.2, 0.25) is 0 Å². The quantitative estimate of drug-likeness (QED) is 0.840. The normalized spacial score (nSPS) is 19.1. The van der Waals surface area contributed by atoms with Crippen LogP contribution >= 0.6 is 11.6 Å². The molecular formula is C17H28ClN3. The van der Waals surface area contributed by atoms with E-state index in [9.17, 15) is 0 Å². The summed E-state index contributed by atoms with van der Waals surface area (Å²) in [6.07, 6.45) is 3.63. The van der Waals surface area contributed by atoms with E-state index < -0.39 is 0 Å². The molecule has 1 aliphatic rings. The van der Waals surface area contributed by atoms with Gasteiger partial charge in [-0.3, -0.25) is 4.90 Å². The zero-order chi connectivity index (χ0) is 15.2. The molecule has 4 heteroatoms. The highest BCUT2D eigenvalue weighted by Crippen LogP contribution is 2.29. The lowest BCUT2D eigenvalue weighted by atomic mass is 9.96. The first-order valence-corrected chi connectivity index (χ1v) is 8.44. The second-order valence-corrected chi connectivity index (χ2v) is 6.48. The summed E-state index contributed by atoms with van der Waals surface area (Å²) in [5.74, 6) is 0. The van der Waals surface area contributed by atoms with Gasteiger partial charge < -0.3 is 10.6 Å². The lowest BCUT2D eigenvalue weighted by molar-refractivity contribution is 0.182. The van der Waals surface area contributed by atoms with Crippen LogP contribution in [-0.4, -0.2) is 49.1 Å². The minimum atomic E-state index is 0.105. The largest absolute Gasteiger partial charge is 0.326 e. The predicted octanol–water partition coefficient (Wildman–Crippen LogP) is 3.15. The van der Waals surface area contributed by atoms with E-state index in [1.54, 1.807) is 0 Å². The van der Waals surface area contributed by atoms with Crippen molar-refractivity contribution in [3.8, 4) is 0 Å². The van der Waals surface area contributed by atoms with Crippen molar-refractivity contribution in [1.82, 2.24) is 9.80 Å². The standard InChI is InChI=1S/C17H28ClN3/c1-3-16(19)17(14-8-4-5-9-15(14)18)20(2)12-13-21-10-6-7-11-21/h4-5,8-9,16-17H,3,6-7,10-13,19H2,1-2H3. The molecular weight excluding hydrogens is 282 g/mol. The van der Waals surface area contributed by atoms with Gasteiger partial charge in [-0.25, -0.2) is 0 Å². The average Bonchev–Trinajstić information content (AvgIpc) is 3.00. The van der Waals surface area contributed by atoms with Gasteiger partial charge in [0.05, 0.1) is 6.04 Å². The number of hydrogen-bond donors (Lipinski definition) is 1. The molecule has 0 spiro atoms. The number of halogens is 1. The maximum absolute atomic E-state index is 6.40. The molecule has 2 unspecified atom stereocenters. The molecule has 1 saturated heterocycles. The molecule has 0 bridgehead atoms. The van der Waals surface area contributed by atoms with E-state index in [0.29, 0.717) is 0 Å². The van der Waals surface area contributed by atoms with Crippen molar-refractivity contribution in [3.05, 3.63) is 34.9 Å². The molecule has 2 atom stereocenters. The molecule has 0 aromatic heterocycles. The van der Waals surface area contributed by atoms with Gasteiger partial charge in [-0.1, -0.05) is 36.7 Å². The maximum Gasteiger partial charge on any atom is 0.0511 e. The molecule has 0 radical (unpaired) electrons. The summed E-state index contributed by atoms with van der Waals surface area (Å²) >= 11 is 6.40. The van der Waals surface area contributed by atoms with Crippen molar-refractivity contribution in [3.63, 3.8) is 0 Å². The van der Waals surface area contributed by atoms with Gasteiger partial charge in [0.1, 0.15) is 0 Å². The van der Waals surface area contributed by atoms with Crippen molar-refractivity contribution in [2.45, 2.75) is 38.3 Å². The van der Waals surface area contributed by atoms with Crippen LogP contribution in [0.3, 0.4) is 0 Å². The van der Waals surface area contributed by atoms with Crippen LogP contribution in [0, 0.1) is 0 Å². The van der Waals surface area contributed by atoms with Crippen molar-refractivity contribution in [2.75, 3.05) is 33.2 Å². The van der Waals surface area contributed by atoms with Crippen LogP contribution in [0.4, 0.5) is 0 Å². The van der Waals surface area contributed by atoms with E-state index in [-0.39, 0.29) is 12.1 Å². The third-order valence-corrected chi connectivity index (χ3v) is 4.89. The molecule has 1 aliphatic heterocycles. The van der Waals surface area contributed by atoms with E-state index >= 15 is 0 Å². The van der Waals surface area contributed by atoms with Gasteiger partial charge in [0.15, 0.2) is 0 Å². The van der Waals surface area contributed by atoms with Crippen molar-refractivity contribution in [1.29, 1.82) is 0 Å². The number of likely N-dealkylation sites (tertiary alicyclic amines) is 1. The SMILES string of the molecule is CCC(N)C(c1ccccc1Cl)N(C)CCN1CCCC1. The monoisotopic (exact) mass is 309 g/mol. The maximum atomic E-state index is 6.40. The molecule has 0 amide bonds. The fourth-order valence-electron chi connectivity index (χ4n) is 3.18. The number of likely N-dealkylation sites (N-methyl/N-ethyl adjacent to an activating group) is 1. The van der Waals surface area contributed by atoms with Crippen LogP contribution in [0.1, 0.15) is 37.8 Å². The number of hydrogen-bond acceptors (Lipinski definition) is 3. The Hall–Kier alpha value is -0.610. The Balaban J connectivity index is 2.06. The first-order valence-electron chi connectivity index (χ1n) is 8.06. The summed E-state index contributed by atoms with van der Waals surface area (Å²) in [4.78, 5) is 4.91. The molecule has 2 N–H and O–H groups in total. The highest BCUT2D eigenvalue weighted by molar-refractivity contribution is 6.31. The summed E-state index contributed by atoms with van der Waals surface area (Å²) in [5.41, 5.74) is 7.54. The third-order valence-electron chi connectivity index (χ3n) is 4.54. The summed E-state index contributed by atoms with van der Waals surface area (Å²) < 4.78 is 0. The van der Waals surface area contributed by atoms with Gasteiger partial charge in [0, 0.05) is 24.2 Å². The summed E-state index contributed by atoms with van der Waals surface area (Å²) in [6, 6.07) is 8.38. The smallest absolute Gasteiger partial charge is 0.0511 e. The zero-order valence-electron chi connectivity index (χ0n) is 13.3. The van der Waals surface area contributed by atoms with Crippen LogP contribution in [0.25, 0.3) is 0 Å². The number of nitrogens with zero attached hydrogens (tertiary/aromatic N) is 2. The van der Waals surface area contributed by atoms with E-state index in [1.165, 1.54) is 25.9 Å². The van der Waals surface area contributed by atoms with E-state index in [1.807, 2.05) is 18.2 Å². The lowest BCUT2D eigenvalue weighted by Crippen LogP contribution is -2.42. The van der Waals surface area contributed by atoms with Crippen molar-refractivity contribution >= 4 is 11.6 Å². The summed E-state index contributed by atoms with van der Waals surface area (Å²) in [7, 11) is 2.17. The third kappa shape index (κ3) is 4.43. The van der Waals surface area contributed by atoms with E-state index in [4.69, 9.17) is 17.3 Å². The molecule has 3 nitrogen and oxygen atoms in total. The first kappa shape index (κ1) is 16.8. The van der Waals surface area contributed by atoms with Crippen LogP contribution < -0.4 is 5.73 Å². The Morgan fingerprint density at radius 2 is 1.95 bits per heavy atom. The molecule has 2 rings (SSSR count). The molecule has 1 heterocycles. The van der Waals surface area contributed by atoms with Crippen LogP contribution in [0.15, 0.2) is 24.3 Å². The fraction of sp³-hybridized carbons (Fsp3) is 0.647. The van der Waals surface area contributed by atoms with Crippen LogP contribution in [-0.2, 0) is 0 Å². The van der Waals surface area contributed by atoms with Crippen molar-refractivity contribution in [2.24, 2.45) is 5.73 Å². The van der Waals surface area contributed by atoms with Gasteiger partial charge in [-0.2, -0.15) is 0 Å². The van der Waals surface area contributed by atoms with Crippen LogP contribution in [0.5, 0.6) is 0 Å². The van der Waals surface area contributed by atoms with Gasteiger partial charge in [-0.05, 0) is 51.0 Å². The highest BCUT2D eigenvalue weighted by atomic mass is 35.5. The average molecular weight is 310 g/mol. The molecule has 1 aromatic carbocycles. The van der Waals surface area contributed by atoms with E-state index in [2.05, 4.69) is 29.8 Å². The Labute approximate surface area is 134 Å². The molecule has 118 valence electrons. The molecule has 1 fully saturated rings. The second-order valence-electron chi connectivity index (χ2n) is 6.07. The highest BCUT2D eigenvalue weighted by Gasteiger charge is 2.25. The van der Waals surface area contributed by atoms with E-state index in [0.717, 1.165) is 30.1 Å². The number of nitrogens with two attached hydrogens (primary N) is 1. The molecule has 1 aromatic rings. The first-order chi connectivity index (χ1) is 10.1. The minimum Gasteiger partial charge on any atom is -0.326 e. The van der Waals surface area contributed by atoms with Crippen molar-refractivity contribution < 1.29 is 0 Å². The molecule has 0 saturated carbocycles. The minimum absolute atomic E-state index is 0.105. The van der Waals surface area contributed by atoms with Gasteiger partial charge in [0.25, 0.3) is 0 Å².